The average molecular weight is 474 g/mol. The van der Waals surface area contributed by atoms with Crippen LogP contribution >= 0.6 is 35.3 Å². The van der Waals surface area contributed by atoms with Crippen LogP contribution in [0.25, 0.3) is 0 Å². The lowest BCUT2D eigenvalue weighted by atomic mass is 10.2. The molecule has 1 aliphatic rings. The number of nitrogens with one attached hydrogen (secondary N) is 1. The second-order valence-electron chi connectivity index (χ2n) is 5.87. The van der Waals surface area contributed by atoms with E-state index in [-0.39, 0.29) is 24.0 Å². The van der Waals surface area contributed by atoms with Gasteiger partial charge in [-0.15, -0.1) is 35.3 Å². The Morgan fingerprint density at radius 2 is 2.08 bits per heavy atom. The van der Waals surface area contributed by atoms with Crippen LogP contribution in [-0.4, -0.2) is 24.2 Å². The Balaban J connectivity index is 0.00000225. The van der Waals surface area contributed by atoms with Crippen LogP contribution in [-0.2, 0) is 6.54 Å². The number of halogens is 1. The largest absolute Gasteiger partial charge is 0.490 e. The number of nitrogens with two attached hydrogens (primary N) is 1. The number of benzene rings is 1. The number of aliphatic imine (C=N–C) groups is 1. The van der Waals surface area contributed by atoms with Crippen molar-refractivity contribution in [1.29, 1.82) is 0 Å². The van der Waals surface area contributed by atoms with Gasteiger partial charge in [0.15, 0.2) is 17.5 Å². The molecular weight excluding hydrogens is 451 g/mol. The molecule has 136 valence electrons. The van der Waals surface area contributed by atoms with Crippen molar-refractivity contribution in [1.82, 2.24) is 4.98 Å². The number of aromatic nitrogens is 1. The molecule has 3 N–H and O–H groups in total. The van der Waals surface area contributed by atoms with Gasteiger partial charge in [0.1, 0.15) is 0 Å². The van der Waals surface area contributed by atoms with Gasteiger partial charge < -0.3 is 20.5 Å². The van der Waals surface area contributed by atoms with Crippen LogP contribution in [0.2, 0.25) is 0 Å². The number of nitrogens with zero attached hydrogens (tertiary/aromatic N) is 2. The highest BCUT2D eigenvalue weighted by Crippen LogP contribution is 2.32. The molecule has 1 aromatic heterocycles. The van der Waals surface area contributed by atoms with Crippen molar-refractivity contribution in [2.75, 3.05) is 18.5 Å². The zero-order valence-corrected chi connectivity index (χ0v) is 17.5. The van der Waals surface area contributed by atoms with Crippen LogP contribution in [0.1, 0.15) is 36.9 Å². The highest BCUT2D eigenvalue weighted by atomic mass is 127. The maximum atomic E-state index is 5.97. The van der Waals surface area contributed by atoms with Gasteiger partial charge in [0.25, 0.3) is 0 Å². The third-order valence-electron chi connectivity index (χ3n) is 3.49. The van der Waals surface area contributed by atoms with E-state index in [1.165, 1.54) is 0 Å². The first-order valence-corrected chi connectivity index (χ1v) is 8.90. The normalized spacial score (nSPS) is 14.0. The molecule has 0 bridgehead atoms. The van der Waals surface area contributed by atoms with Crippen LogP contribution in [0.3, 0.4) is 0 Å². The van der Waals surface area contributed by atoms with Crippen molar-refractivity contribution in [3.63, 3.8) is 0 Å². The van der Waals surface area contributed by atoms with E-state index in [9.17, 15) is 0 Å². The molecule has 2 aromatic rings. The number of fused-ring (bicyclic) bond motifs is 1. The Morgan fingerprint density at radius 3 is 2.80 bits per heavy atom. The van der Waals surface area contributed by atoms with E-state index in [1.54, 1.807) is 11.3 Å². The van der Waals surface area contributed by atoms with Gasteiger partial charge in [-0.3, -0.25) is 0 Å². The standard InChI is InChI=1S/C17H22N4O2S.HI/c1-11(2)16-20-13(10-24-16)9-19-17(18)21-12-4-5-14-15(8-12)23-7-3-6-22-14;/h4-5,8,10-11H,3,6-7,9H2,1-2H3,(H3,18,19,21);1H. The first-order valence-electron chi connectivity index (χ1n) is 8.02. The predicted molar refractivity (Wildman–Crippen MR) is 113 cm³/mol. The van der Waals surface area contributed by atoms with Gasteiger partial charge in [-0.1, -0.05) is 13.8 Å². The quantitative estimate of drug-likeness (QED) is 0.398. The van der Waals surface area contributed by atoms with Crippen LogP contribution in [0.15, 0.2) is 28.6 Å². The number of ether oxygens (including phenoxy) is 2. The number of anilines is 1. The van der Waals surface area contributed by atoms with E-state index < -0.39 is 0 Å². The SMILES string of the molecule is CC(C)c1nc(CN=C(N)Nc2ccc3c(c2)OCCCO3)cs1.I. The monoisotopic (exact) mass is 474 g/mol. The molecule has 6 nitrogen and oxygen atoms in total. The van der Waals surface area contributed by atoms with Gasteiger partial charge in [0.2, 0.25) is 0 Å². The van der Waals surface area contributed by atoms with Gasteiger partial charge in [-0.05, 0) is 12.1 Å². The van der Waals surface area contributed by atoms with Crippen molar-refractivity contribution < 1.29 is 9.47 Å². The van der Waals surface area contributed by atoms with Gasteiger partial charge in [0.05, 0.1) is 30.5 Å². The summed E-state index contributed by atoms with van der Waals surface area (Å²) in [6, 6.07) is 5.66. The molecular formula is C17H23IN4O2S. The van der Waals surface area contributed by atoms with Gasteiger partial charge in [0, 0.05) is 29.5 Å². The summed E-state index contributed by atoms with van der Waals surface area (Å²) in [5.41, 5.74) is 7.73. The Hall–Kier alpha value is -1.55. The summed E-state index contributed by atoms with van der Waals surface area (Å²) in [6.07, 6.45) is 0.882. The Labute approximate surface area is 168 Å². The molecule has 0 fully saturated rings. The fourth-order valence-electron chi connectivity index (χ4n) is 2.26. The highest BCUT2D eigenvalue weighted by molar-refractivity contribution is 14.0. The molecule has 8 heteroatoms. The zero-order valence-electron chi connectivity index (χ0n) is 14.3. The lowest BCUT2D eigenvalue weighted by Crippen LogP contribution is -2.22. The van der Waals surface area contributed by atoms with Crippen molar-refractivity contribution in [3.05, 3.63) is 34.3 Å². The smallest absolute Gasteiger partial charge is 0.193 e. The zero-order chi connectivity index (χ0) is 16.9. The van der Waals surface area contributed by atoms with E-state index in [1.807, 2.05) is 23.6 Å². The van der Waals surface area contributed by atoms with Crippen molar-refractivity contribution in [2.24, 2.45) is 10.7 Å². The summed E-state index contributed by atoms with van der Waals surface area (Å²) in [5.74, 6) is 2.28. The minimum atomic E-state index is 0. The molecule has 0 saturated heterocycles. The molecule has 0 aliphatic carbocycles. The molecule has 0 spiro atoms. The number of hydrogen-bond donors (Lipinski definition) is 2. The maximum Gasteiger partial charge on any atom is 0.193 e. The Bertz CT molecular complexity index is 733. The third-order valence-corrected chi connectivity index (χ3v) is 4.69. The van der Waals surface area contributed by atoms with E-state index in [4.69, 9.17) is 15.2 Å². The summed E-state index contributed by atoms with van der Waals surface area (Å²) in [4.78, 5) is 8.90. The van der Waals surface area contributed by atoms with E-state index in [0.717, 1.165) is 34.3 Å². The number of hydrogen-bond acceptors (Lipinski definition) is 5. The van der Waals surface area contributed by atoms with Gasteiger partial charge in [-0.25, -0.2) is 9.98 Å². The Kier molecular flexibility index (Phi) is 7.30. The number of guanidine groups is 1. The van der Waals surface area contributed by atoms with Crippen molar-refractivity contribution >= 4 is 47.0 Å². The minimum Gasteiger partial charge on any atom is -0.490 e. The minimum absolute atomic E-state index is 0. The van der Waals surface area contributed by atoms with E-state index in [2.05, 4.69) is 29.1 Å². The molecule has 3 rings (SSSR count). The van der Waals surface area contributed by atoms with Gasteiger partial charge in [-0.2, -0.15) is 0 Å². The molecule has 1 aliphatic heterocycles. The first-order chi connectivity index (χ1) is 11.6. The molecule has 0 radical (unpaired) electrons. The number of rotatable bonds is 4. The molecule has 0 amide bonds. The van der Waals surface area contributed by atoms with E-state index >= 15 is 0 Å². The second-order valence-corrected chi connectivity index (χ2v) is 6.76. The summed E-state index contributed by atoms with van der Waals surface area (Å²) in [5, 5.41) is 6.23. The van der Waals surface area contributed by atoms with Crippen LogP contribution < -0.4 is 20.5 Å². The summed E-state index contributed by atoms with van der Waals surface area (Å²) in [7, 11) is 0. The van der Waals surface area contributed by atoms with Crippen molar-refractivity contribution in [3.8, 4) is 11.5 Å². The molecule has 25 heavy (non-hydrogen) atoms. The number of thiazole rings is 1. The molecule has 0 unspecified atom stereocenters. The lowest BCUT2D eigenvalue weighted by Gasteiger charge is -2.10. The third kappa shape index (κ3) is 5.46. The lowest BCUT2D eigenvalue weighted by molar-refractivity contribution is 0.297. The fourth-order valence-corrected chi connectivity index (χ4v) is 3.08. The van der Waals surface area contributed by atoms with E-state index in [0.29, 0.717) is 31.6 Å². The molecule has 2 heterocycles. The maximum absolute atomic E-state index is 5.97. The molecule has 0 atom stereocenters. The van der Waals surface area contributed by atoms with Crippen LogP contribution in [0.5, 0.6) is 11.5 Å². The topological polar surface area (TPSA) is 81.8 Å². The Morgan fingerprint density at radius 1 is 1.32 bits per heavy atom. The summed E-state index contributed by atoms with van der Waals surface area (Å²) >= 11 is 1.66. The van der Waals surface area contributed by atoms with Crippen molar-refractivity contribution in [2.45, 2.75) is 32.7 Å². The first kappa shape index (κ1) is 19.8. The van der Waals surface area contributed by atoms with Crippen LogP contribution in [0.4, 0.5) is 5.69 Å². The predicted octanol–water partition coefficient (Wildman–Crippen LogP) is 3.97. The molecule has 1 aromatic carbocycles. The highest BCUT2D eigenvalue weighted by Gasteiger charge is 2.11. The second kappa shape index (κ2) is 9.23. The van der Waals surface area contributed by atoms with Gasteiger partial charge >= 0.3 is 0 Å². The molecule has 0 saturated carbocycles. The summed E-state index contributed by atoms with van der Waals surface area (Å²) in [6.45, 7) is 6.06. The average Bonchev–Trinajstić information content (AvgIpc) is 2.92. The fraction of sp³-hybridized carbons (Fsp3) is 0.412. The van der Waals surface area contributed by atoms with Crippen LogP contribution in [0, 0.1) is 0 Å². The summed E-state index contributed by atoms with van der Waals surface area (Å²) < 4.78 is 11.3.